The molecule has 0 spiro atoms. The second-order valence-corrected chi connectivity index (χ2v) is 5.13. The molecule has 2 rings (SSSR count). The molecular weight excluding hydrogens is 306 g/mol. The van der Waals surface area contributed by atoms with Crippen molar-refractivity contribution in [2.24, 2.45) is 0 Å². The first-order valence-corrected chi connectivity index (χ1v) is 7.13. The molecule has 7 heteroatoms. The zero-order valence-corrected chi connectivity index (χ0v) is 12.6. The van der Waals surface area contributed by atoms with Crippen LogP contribution in [0.2, 0.25) is 5.02 Å². The van der Waals surface area contributed by atoms with E-state index in [2.05, 4.69) is 9.97 Å². The van der Waals surface area contributed by atoms with Crippen LogP contribution in [0.15, 0.2) is 36.7 Å². The van der Waals surface area contributed by atoms with Gasteiger partial charge in [0.15, 0.2) is 5.69 Å². The molecular formula is C15H16ClN3O3. The van der Waals surface area contributed by atoms with Crippen LogP contribution in [0.4, 0.5) is 5.82 Å². The number of carboxylic acid groups (broad SMARTS) is 1. The van der Waals surface area contributed by atoms with Gasteiger partial charge in [-0.25, -0.2) is 14.8 Å². The number of anilines is 1. The van der Waals surface area contributed by atoms with E-state index in [0.29, 0.717) is 30.4 Å². The predicted octanol–water partition coefficient (Wildman–Crippen LogP) is 2.22. The van der Waals surface area contributed by atoms with Crippen LogP contribution in [-0.4, -0.2) is 39.3 Å². The molecule has 0 atom stereocenters. The number of aromatic carboxylic acids is 1. The van der Waals surface area contributed by atoms with Crippen LogP contribution in [0.3, 0.4) is 0 Å². The molecule has 1 aromatic heterocycles. The highest BCUT2D eigenvalue weighted by atomic mass is 35.5. The number of hydrogen-bond acceptors (Lipinski definition) is 5. The van der Waals surface area contributed by atoms with Gasteiger partial charge in [-0.1, -0.05) is 23.7 Å². The normalized spacial score (nSPS) is 10.5. The number of carbonyl (C=O) groups is 1. The van der Waals surface area contributed by atoms with Gasteiger partial charge in [0.2, 0.25) is 0 Å². The van der Waals surface area contributed by atoms with Gasteiger partial charge < -0.3 is 15.1 Å². The first kappa shape index (κ1) is 16.2. The summed E-state index contributed by atoms with van der Waals surface area (Å²) in [5.41, 5.74) is 0.892. The fourth-order valence-electron chi connectivity index (χ4n) is 1.99. The van der Waals surface area contributed by atoms with Crippen LogP contribution in [-0.2, 0) is 6.54 Å². The highest BCUT2D eigenvalue weighted by Crippen LogP contribution is 2.17. The third kappa shape index (κ3) is 4.41. The quantitative estimate of drug-likeness (QED) is 0.813. The third-order valence-electron chi connectivity index (χ3n) is 3.03. The summed E-state index contributed by atoms with van der Waals surface area (Å²) < 4.78 is 0. The van der Waals surface area contributed by atoms with Gasteiger partial charge in [0.05, 0.1) is 12.4 Å². The Kier molecular flexibility index (Phi) is 5.68. The fourth-order valence-corrected chi connectivity index (χ4v) is 2.20. The molecule has 0 saturated carbocycles. The zero-order valence-electron chi connectivity index (χ0n) is 11.8. The van der Waals surface area contributed by atoms with Gasteiger partial charge in [-0.2, -0.15) is 0 Å². The van der Waals surface area contributed by atoms with Crippen LogP contribution in [0.1, 0.15) is 22.5 Å². The summed E-state index contributed by atoms with van der Waals surface area (Å²) in [4.78, 5) is 20.7. The summed E-state index contributed by atoms with van der Waals surface area (Å²) in [5, 5.41) is 18.5. The molecule has 0 fully saturated rings. The Hall–Kier alpha value is -2.18. The van der Waals surface area contributed by atoms with E-state index in [-0.39, 0.29) is 12.3 Å². The lowest BCUT2D eigenvalue weighted by Gasteiger charge is -2.23. The van der Waals surface area contributed by atoms with Crippen molar-refractivity contribution in [2.45, 2.75) is 13.0 Å². The Morgan fingerprint density at radius 2 is 2.09 bits per heavy atom. The number of aromatic nitrogens is 2. The average Bonchev–Trinajstić information content (AvgIpc) is 2.51. The second kappa shape index (κ2) is 7.72. The maximum atomic E-state index is 10.8. The van der Waals surface area contributed by atoms with Gasteiger partial charge in [0.25, 0.3) is 0 Å². The standard InChI is InChI=1S/C15H16ClN3O3/c16-12-4-1-3-11(7-12)10-19(5-2-6-20)14-9-17-13(8-18-14)15(21)22/h1,3-4,7-9,20H,2,5-6,10H2,(H,21,22). The molecule has 6 nitrogen and oxygen atoms in total. The minimum atomic E-state index is -1.12. The number of aliphatic hydroxyl groups excluding tert-OH is 1. The summed E-state index contributed by atoms with van der Waals surface area (Å²) in [7, 11) is 0. The smallest absolute Gasteiger partial charge is 0.356 e. The van der Waals surface area contributed by atoms with Crippen molar-refractivity contribution in [1.82, 2.24) is 9.97 Å². The van der Waals surface area contributed by atoms with Gasteiger partial charge in [0, 0.05) is 24.7 Å². The number of benzene rings is 1. The van der Waals surface area contributed by atoms with Crippen LogP contribution in [0.25, 0.3) is 0 Å². The summed E-state index contributed by atoms with van der Waals surface area (Å²) in [6, 6.07) is 7.45. The van der Waals surface area contributed by atoms with E-state index in [0.717, 1.165) is 5.56 Å². The highest BCUT2D eigenvalue weighted by molar-refractivity contribution is 6.30. The maximum absolute atomic E-state index is 10.8. The highest BCUT2D eigenvalue weighted by Gasteiger charge is 2.11. The largest absolute Gasteiger partial charge is 0.476 e. The summed E-state index contributed by atoms with van der Waals surface area (Å²) >= 11 is 5.98. The lowest BCUT2D eigenvalue weighted by molar-refractivity contribution is 0.0690. The molecule has 0 aliphatic carbocycles. The SMILES string of the molecule is O=C(O)c1cnc(N(CCCO)Cc2cccc(Cl)c2)cn1. The van der Waals surface area contributed by atoms with Crippen molar-refractivity contribution in [2.75, 3.05) is 18.1 Å². The Balaban J connectivity index is 2.19. The van der Waals surface area contributed by atoms with E-state index in [1.807, 2.05) is 23.1 Å². The van der Waals surface area contributed by atoms with Crippen LogP contribution in [0, 0.1) is 0 Å². The van der Waals surface area contributed by atoms with Crippen molar-refractivity contribution in [3.63, 3.8) is 0 Å². The third-order valence-corrected chi connectivity index (χ3v) is 3.27. The molecule has 1 aromatic carbocycles. The molecule has 116 valence electrons. The van der Waals surface area contributed by atoms with Gasteiger partial charge >= 0.3 is 5.97 Å². The van der Waals surface area contributed by atoms with Crippen molar-refractivity contribution in [3.8, 4) is 0 Å². The lowest BCUT2D eigenvalue weighted by Crippen LogP contribution is -2.26. The first-order valence-electron chi connectivity index (χ1n) is 6.75. The molecule has 2 N–H and O–H groups in total. The van der Waals surface area contributed by atoms with E-state index < -0.39 is 5.97 Å². The number of aliphatic hydroxyl groups is 1. The summed E-state index contributed by atoms with van der Waals surface area (Å²) in [5.74, 6) is -0.561. The van der Waals surface area contributed by atoms with E-state index in [1.165, 1.54) is 12.4 Å². The number of nitrogens with zero attached hydrogens (tertiary/aromatic N) is 3. The van der Waals surface area contributed by atoms with E-state index in [9.17, 15) is 4.79 Å². The Morgan fingerprint density at radius 3 is 2.68 bits per heavy atom. The molecule has 22 heavy (non-hydrogen) atoms. The molecule has 0 aliphatic rings. The molecule has 2 aromatic rings. The molecule has 0 radical (unpaired) electrons. The molecule has 0 amide bonds. The first-order chi connectivity index (χ1) is 10.6. The number of carboxylic acids is 1. The topological polar surface area (TPSA) is 86.5 Å². The van der Waals surface area contributed by atoms with E-state index in [1.54, 1.807) is 6.07 Å². The van der Waals surface area contributed by atoms with Crippen molar-refractivity contribution >= 4 is 23.4 Å². The van der Waals surface area contributed by atoms with Crippen molar-refractivity contribution in [3.05, 3.63) is 52.9 Å². The van der Waals surface area contributed by atoms with Crippen LogP contribution >= 0.6 is 11.6 Å². The number of hydrogen-bond donors (Lipinski definition) is 2. The van der Waals surface area contributed by atoms with Crippen LogP contribution in [0.5, 0.6) is 0 Å². The molecule has 0 saturated heterocycles. The molecule has 0 aliphatic heterocycles. The fraction of sp³-hybridized carbons (Fsp3) is 0.267. The van der Waals surface area contributed by atoms with Gasteiger partial charge in [-0.15, -0.1) is 0 Å². The van der Waals surface area contributed by atoms with Gasteiger partial charge in [0.1, 0.15) is 5.82 Å². The average molecular weight is 322 g/mol. The summed E-state index contributed by atoms with van der Waals surface area (Å²) in [6.07, 6.45) is 3.22. The number of halogens is 1. The second-order valence-electron chi connectivity index (χ2n) is 4.69. The van der Waals surface area contributed by atoms with E-state index in [4.69, 9.17) is 21.8 Å². The minimum Gasteiger partial charge on any atom is -0.476 e. The Labute approximate surface area is 133 Å². The van der Waals surface area contributed by atoms with Gasteiger partial charge in [-0.05, 0) is 24.1 Å². The predicted molar refractivity (Wildman–Crippen MR) is 83.2 cm³/mol. The van der Waals surface area contributed by atoms with Gasteiger partial charge in [-0.3, -0.25) is 0 Å². The van der Waals surface area contributed by atoms with Crippen molar-refractivity contribution < 1.29 is 15.0 Å². The summed E-state index contributed by atoms with van der Waals surface area (Å²) in [6.45, 7) is 1.18. The minimum absolute atomic E-state index is 0.0622. The lowest BCUT2D eigenvalue weighted by atomic mass is 10.2. The zero-order chi connectivity index (χ0) is 15.9. The molecule has 0 unspecified atom stereocenters. The maximum Gasteiger partial charge on any atom is 0.356 e. The monoisotopic (exact) mass is 321 g/mol. The molecule has 1 heterocycles. The Morgan fingerprint density at radius 1 is 1.27 bits per heavy atom. The molecule has 0 bridgehead atoms. The Bertz CT molecular complexity index is 634. The van der Waals surface area contributed by atoms with Crippen LogP contribution < -0.4 is 4.90 Å². The number of rotatable bonds is 7. The van der Waals surface area contributed by atoms with Crippen molar-refractivity contribution in [1.29, 1.82) is 0 Å². The van der Waals surface area contributed by atoms with E-state index >= 15 is 0 Å².